The highest BCUT2D eigenvalue weighted by Gasteiger charge is 2.17. The number of sulfone groups is 1. The van der Waals surface area contributed by atoms with Crippen LogP contribution in [0.3, 0.4) is 0 Å². The number of amides is 1. The molecule has 9 heteroatoms. The number of hydrogen-bond acceptors (Lipinski definition) is 6. The fourth-order valence-corrected chi connectivity index (χ4v) is 3.57. The van der Waals surface area contributed by atoms with E-state index in [4.69, 9.17) is 4.42 Å². The number of carbonyl (C=O) groups excluding carboxylic acids is 1. The average Bonchev–Trinajstić information content (AvgIpc) is 3.09. The molecule has 0 aliphatic carbocycles. The molecule has 0 fully saturated rings. The standard InChI is InChI=1S/C18H16FN3O4S/c19-14-8-6-13(7-9-14)12-17-21-22-18(26-17)20-16(23)10-11-27(24,25)15-4-2-1-3-5-15/h1-9H,10-12H2,(H,20,22,23). The molecule has 1 heterocycles. The maximum Gasteiger partial charge on any atom is 0.322 e. The summed E-state index contributed by atoms with van der Waals surface area (Å²) in [6.45, 7) is 0. The van der Waals surface area contributed by atoms with Crippen LogP contribution in [0.1, 0.15) is 17.9 Å². The monoisotopic (exact) mass is 389 g/mol. The van der Waals surface area contributed by atoms with Gasteiger partial charge in [0.1, 0.15) is 5.82 Å². The van der Waals surface area contributed by atoms with Gasteiger partial charge in [0.2, 0.25) is 11.8 Å². The molecule has 0 aliphatic heterocycles. The zero-order valence-electron chi connectivity index (χ0n) is 14.1. The van der Waals surface area contributed by atoms with Crippen molar-refractivity contribution in [1.82, 2.24) is 10.2 Å². The number of anilines is 1. The van der Waals surface area contributed by atoms with Gasteiger partial charge in [0, 0.05) is 6.42 Å². The Bertz CT molecular complexity index is 1020. The molecule has 1 amide bonds. The SMILES string of the molecule is O=C(CCS(=O)(=O)c1ccccc1)Nc1nnc(Cc2ccc(F)cc2)o1. The normalized spacial score (nSPS) is 11.3. The maximum atomic E-state index is 12.9. The van der Waals surface area contributed by atoms with Crippen molar-refractivity contribution in [1.29, 1.82) is 0 Å². The maximum absolute atomic E-state index is 12.9. The Hall–Kier alpha value is -3.07. The van der Waals surface area contributed by atoms with E-state index >= 15 is 0 Å². The van der Waals surface area contributed by atoms with E-state index in [1.807, 2.05) is 0 Å². The number of rotatable bonds is 7. The molecule has 3 aromatic rings. The zero-order chi connectivity index (χ0) is 19.3. The molecule has 0 radical (unpaired) electrons. The third kappa shape index (κ3) is 5.20. The molecule has 0 atom stereocenters. The molecule has 1 aromatic heterocycles. The molecule has 7 nitrogen and oxygen atoms in total. The minimum Gasteiger partial charge on any atom is -0.407 e. The molecule has 0 unspecified atom stereocenters. The van der Waals surface area contributed by atoms with Gasteiger partial charge < -0.3 is 4.42 Å². The molecular formula is C18H16FN3O4S. The largest absolute Gasteiger partial charge is 0.407 e. The van der Waals surface area contributed by atoms with Crippen molar-refractivity contribution in [3.05, 3.63) is 71.9 Å². The second-order valence-electron chi connectivity index (χ2n) is 5.73. The van der Waals surface area contributed by atoms with Crippen molar-refractivity contribution in [3.8, 4) is 0 Å². The number of nitrogens with one attached hydrogen (secondary N) is 1. The fraction of sp³-hybridized carbons (Fsp3) is 0.167. The summed E-state index contributed by atoms with van der Waals surface area (Å²) in [5, 5.41) is 9.88. The van der Waals surface area contributed by atoms with Crippen LogP contribution in [0.2, 0.25) is 0 Å². The first-order chi connectivity index (χ1) is 12.9. The Morgan fingerprint density at radius 2 is 1.74 bits per heavy atom. The molecule has 0 bridgehead atoms. The summed E-state index contributed by atoms with van der Waals surface area (Å²) in [4.78, 5) is 12.1. The summed E-state index contributed by atoms with van der Waals surface area (Å²) in [6.07, 6.45) is 0.0401. The van der Waals surface area contributed by atoms with E-state index in [2.05, 4.69) is 15.5 Å². The lowest BCUT2D eigenvalue weighted by Gasteiger charge is -2.04. The Morgan fingerprint density at radius 3 is 2.44 bits per heavy atom. The summed E-state index contributed by atoms with van der Waals surface area (Å²) in [5.41, 5.74) is 0.770. The average molecular weight is 389 g/mol. The van der Waals surface area contributed by atoms with E-state index in [9.17, 15) is 17.6 Å². The van der Waals surface area contributed by atoms with Crippen LogP contribution in [0.4, 0.5) is 10.4 Å². The number of carbonyl (C=O) groups is 1. The van der Waals surface area contributed by atoms with E-state index in [1.165, 1.54) is 24.3 Å². The van der Waals surface area contributed by atoms with Gasteiger partial charge in [-0.2, -0.15) is 0 Å². The van der Waals surface area contributed by atoms with Crippen molar-refractivity contribution < 1.29 is 22.0 Å². The fourth-order valence-electron chi connectivity index (χ4n) is 2.31. The summed E-state index contributed by atoms with van der Waals surface area (Å²) in [6, 6.07) is 13.6. The highest BCUT2D eigenvalue weighted by atomic mass is 32.2. The van der Waals surface area contributed by atoms with Gasteiger partial charge in [-0.25, -0.2) is 12.8 Å². The molecule has 3 rings (SSSR count). The van der Waals surface area contributed by atoms with E-state index in [0.717, 1.165) is 5.56 Å². The summed E-state index contributed by atoms with van der Waals surface area (Å²) in [5.74, 6) is -0.984. The quantitative estimate of drug-likeness (QED) is 0.666. The molecule has 0 saturated heterocycles. The summed E-state index contributed by atoms with van der Waals surface area (Å²) < 4.78 is 42.5. The number of nitrogens with zero attached hydrogens (tertiary/aromatic N) is 2. The van der Waals surface area contributed by atoms with Gasteiger partial charge in [0.05, 0.1) is 17.1 Å². The topological polar surface area (TPSA) is 102 Å². The third-order valence-corrected chi connectivity index (χ3v) is 5.41. The number of hydrogen-bond donors (Lipinski definition) is 1. The van der Waals surface area contributed by atoms with Crippen LogP contribution >= 0.6 is 0 Å². The van der Waals surface area contributed by atoms with Crippen molar-refractivity contribution in [2.75, 3.05) is 11.1 Å². The molecule has 27 heavy (non-hydrogen) atoms. The van der Waals surface area contributed by atoms with Gasteiger partial charge in [-0.1, -0.05) is 35.4 Å². The zero-order valence-corrected chi connectivity index (χ0v) is 14.9. The first-order valence-corrected chi connectivity index (χ1v) is 9.72. The first-order valence-electron chi connectivity index (χ1n) is 8.07. The van der Waals surface area contributed by atoms with Crippen LogP contribution in [0.25, 0.3) is 0 Å². The predicted octanol–water partition coefficient (Wildman–Crippen LogP) is 2.60. The molecule has 0 saturated carbocycles. The van der Waals surface area contributed by atoms with Gasteiger partial charge in [-0.05, 0) is 29.8 Å². The Labute approximate surface area is 155 Å². The highest BCUT2D eigenvalue weighted by Crippen LogP contribution is 2.14. The first kappa shape index (κ1) is 18.7. The number of halogens is 1. The van der Waals surface area contributed by atoms with Crippen molar-refractivity contribution in [2.24, 2.45) is 0 Å². The van der Waals surface area contributed by atoms with E-state index in [0.29, 0.717) is 0 Å². The Kier molecular flexibility index (Phi) is 5.60. The smallest absolute Gasteiger partial charge is 0.322 e. The molecule has 0 aliphatic rings. The van der Waals surface area contributed by atoms with Gasteiger partial charge in [-0.3, -0.25) is 10.1 Å². The Morgan fingerprint density at radius 1 is 1.04 bits per heavy atom. The van der Waals surface area contributed by atoms with Crippen molar-refractivity contribution >= 4 is 21.8 Å². The second kappa shape index (κ2) is 8.09. The minimum atomic E-state index is -3.54. The van der Waals surface area contributed by atoms with Crippen LogP contribution in [-0.4, -0.2) is 30.3 Å². The Balaban J connectivity index is 1.54. The predicted molar refractivity (Wildman–Crippen MR) is 95.2 cm³/mol. The summed E-state index contributed by atoms with van der Waals surface area (Å²) >= 11 is 0. The van der Waals surface area contributed by atoms with Crippen LogP contribution < -0.4 is 5.32 Å². The third-order valence-electron chi connectivity index (χ3n) is 3.68. The molecular weight excluding hydrogens is 373 g/mol. The van der Waals surface area contributed by atoms with Crippen LogP contribution in [-0.2, 0) is 21.1 Å². The molecule has 1 N–H and O–H groups in total. The van der Waals surface area contributed by atoms with E-state index in [1.54, 1.807) is 30.3 Å². The van der Waals surface area contributed by atoms with Gasteiger partial charge in [0.15, 0.2) is 9.84 Å². The van der Waals surface area contributed by atoms with Crippen molar-refractivity contribution in [3.63, 3.8) is 0 Å². The van der Waals surface area contributed by atoms with E-state index < -0.39 is 15.7 Å². The highest BCUT2D eigenvalue weighted by molar-refractivity contribution is 7.91. The lowest BCUT2D eigenvalue weighted by Crippen LogP contribution is -2.17. The van der Waals surface area contributed by atoms with E-state index in [-0.39, 0.29) is 41.2 Å². The minimum absolute atomic E-state index is 0.116. The molecule has 140 valence electrons. The summed E-state index contributed by atoms with van der Waals surface area (Å²) in [7, 11) is -3.54. The molecule has 2 aromatic carbocycles. The molecule has 0 spiro atoms. The number of aromatic nitrogens is 2. The van der Waals surface area contributed by atoms with Gasteiger partial charge >= 0.3 is 6.01 Å². The van der Waals surface area contributed by atoms with Gasteiger partial charge in [0.25, 0.3) is 0 Å². The lowest BCUT2D eigenvalue weighted by molar-refractivity contribution is -0.116. The van der Waals surface area contributed by atoms with Gasteiger partial charge in [-0.15, -0.1) is 5.10 Å². The lowest BCUT2D eigenvalue weighted by atomic mass is 10.1. The van der Waals surface area contributed by atoms with Crippen molar-refractivity contribution in [2.45, 2.75) is 17.7 Å². The van der Waals surface area contributed by atoms with Crippen LogP contribution in [0, 0.1) is 5.82 Å². The van der Waals surface area contributed by atoms with Crippen LogP contribution in [0.5, 0.6) is 0 Å². The number of benzene rings is 2. The second-order valence-corrected chi connectivity index (χ2v) is 7.84. The van der Waals surface area contributed by atoms with Crippen LogP contribution in [0.15, 0.2) is 63.9 Å².